The number of fused-ring (bicyclic) bond motifs is 1. The minimum Gasteiger partial charge on any atom is -0.486 e. The minimum atomic E-state index is -4.53. The smallest absolute Gasteiger partial charge is 0.433 e. The summed E-state index contributed by atoms with van der Waals surface area (Å²) >= 11 is 0. The number of Topliss-reactive ketones (excluding diaryl/α,β-unsaturated/α-hetero) is 1. The molecule has 0 spiro atoms. The second-order valence-electron chi connectivity index (χ2n) is 7.00. The van der Waals surface area contributed by atoms with E-state index < -0.39 is 17.8 Å². The first-order valence-corrected chi connectivity index (χ1v) is 9.75. The summed E-state index contributed by atoms with van der Waals surface area (Å²) in [4.78, 5) is 24.6. The number of amides is 1. The number of anilines is 1. The van der Waals surface area contributed by atoms with Crippen LogP contribution in [0.3, 0.4) is 0 Å². The molecule has 32 heavy (non-hydrogen) atoms. The Balaban J connectivity index is 1.34. The monoisotopic (exact) mass is 445 g/mol. The van der Waals surface area contributed by atoms with Crippen molar-refractivity contribution >= 4 is 17.4 Å². The average molecular weight is 445 g/mol. The van der Waals surface area contributed by atoms with Gasteiger partial charge in [-0.25, -0.2) is 4.68 Å². The number of hydrogen-bond donors (Lipinski definition) is 1. The predicted octanol–water partition coefficient (Wildman–Crippen LogP) is 4.26. The second-order valence-corrected chi connectivity index (χ2v) is 7.00. The number of nitrogens with zero attached hydrogens (tertiary/aromatic N) is 2. The molecule has 1 N–H and O–H groups in total. The minimum absolute atomic E-state index is 0.00814. The lowest BCUT2D eigenvalue weighted by Gasteiger charge is -2.18. The number of ketones is 1. The molecule has 1 amide bonds. The van der Waals surface area contributed by atoms with E-state index in [1.807, 2.05) is 0 Å². The standard InChI is InChI=1S/C22H18F3N3O4/c23-22(24,25)20-9-10-26-28(20)16-4-2-15(3-5-16)27-21(30)8-6-17(29)14-1-7-18-19(13-14)32-12-11-31-18/h1-5,7,9-10,13H,6,8,11-12H2,(H,27,30). The van der Waals surface area contributed by atoms with Crippen molar-refractivity contribution in [2.45, 2.75) is 19.0 Å². The number of hydrogen-bond acceptors (Lipinski definition) is 5. The van der Waals surface area contributed by atoms with Crippen molar-refractivity contribution in [3.63, 3.8) is 0 Å². The van der Waals surface area contributed by atoms with Crippen LogP contribution in [0, 0.1) is 0 Å². The van der Waals surface area contributed by atoms with E-state index in [2.05, 4.69) is 10.4 Å². The Bertz CT molecular complexity index is 1140. The molecule has 7 nitrogen and oxygen atoms in total. The van der Waals surface area contributed by atoms with Crippen molar-refractivity contribution in [1.82, 2.24) is 9.78 Å². The van der Waals surface area contributed by atoms with Crippen molar-refractivity contribution in [2.75, 3.05) is 18.5 Å². The van der Waals surface area contributed by atoms with Gasteiger partial charge in [0.2, 0.25) is 5.91 Å². The first-order valence-electron chi connectivity index (χ1n) is 9.75. The van der Waals surface area contributed by atoms with E-state index in [4.69, 9.17) is 9.47 Å². The van der Waals surface area contributed by atoms with Gasteiger partial charge in [0.05, 0.1) is 11.9 Å². The zero-order chi connectivity index (χ0) is 22.7. The maximum atomic E-state index is 13.0. The lowest BCUT2D eigenvalue weighted by Crippen LogP contribution is -2.16. The first kappa shape index (κ1) is 21.4. The van der Waals surface area contributed by atoms with Crippen LogP contribution in [-0.2, 0) is 11.0 Å². The summed E-state index contributed by atoms with van der Waals surface area (Å²) in [7, 11) is 0. The number of rotatable bonds is 6. The van der Waals surface area contributed by atoms with Gasteiger partial charge in [-0.05, 0) is 48.5 Å². The van der Waals surface area contributed by atoms with E-state index in [0.717, 1.165) is 16.9 Å². The zero-order valence-corrected chi connectivity index (χ0v) is 16.7. The molecule has 3 aromatic rings. The van der Waals surface area contributed by atoms with E-state index in [0.29, 0.717) is 36.0 Å². The number of halogens is 3. The number of benzene rings is 2. The van der Waals surface area contributed by atoms with Crippen LogP contribution >= 0.6 is 0 Å². The molecule has 2 heterocycles. The van der Waals surface area contributed by atoms with Gasteiger partial charge in [0.15, 0.2) is 17.3 Å². The number of carbonyl (C=O) groups excluding carboxylic acids is 2. The van der Waals surface area contributed by atoms with E-state index in [1.54, 1.807) is 18.2 Å². The molecule has 0 saturated heterocycles. The van der Waals surface area contributed by atoms with Gasteiger partial charge in [-0.3, -0.25) is 9.59 Å². The molecule has 0 unspecified atom stereocenters. The van der Waals surface area contributed by atoms with Crippen molar-refractivity contribution in [2.24, 2.45) is 0 Å². The van der Waals surface area contributed by atoms with Gasteiger partial charge in [0, 0.05) is 24.1 Å². The SMILES string of the molecule is O=C(CCC(=O)c1ccc2c(c1)OCCO2)Nc1ccc(-n2nccc2C(F)(F)F)cc1. The molecule has 0 radical (unpaired) electrons. The Labute approximate surface area is 180 Å². The second kappa shape index (κ2) is 8.74. The van der Waals surface area contributed by atoms with Crippen molar-refractivity contribution in [3.8, 4) is 17.2 Å². The largest absolute Gasteiger partial charge is 0.486 e. The molecule has 10 heteroatoms. The van der Waals surface area contributed by atoms with Crippen LogP contribution in [0.2, 0.25) is 0 Å². The van der Waals surface area contributed by atoms with E-state index >= 15 is 0 Å². The van der Waals surface area contributed by atoms with Gasteiger partial charge in [0.25, 0.3) is 0 Å². The highest BCUT2D eigenvalue weighted by Crippen LogP contribution is 2.32. The van der Waals surface area contributed by atoms with Crippen LogP contribution in [0.1, 0.15) is 28.9 Å². The first-order chi connectivity index (χ1) is 15.3. The Kier molecular flexibility index (Phi) is 5.85. The zero-order valence-electron chi connectivity index (χ0n) is 16.7. The van der Waals surface area contributed by atoms with Crippen LogP contribution in [0.5, 0.6) is 11.5 Å². The van der Waals surface area contributed by atoms with Crippen LogP contribution in [0.15, 0.2) is 54.7 Å². The summed E-state index contributed by atoms with van der Waals surface area (Å²) in [5, 5.41) is 6.33. The summed E-state index contributed by atoms with van der Waals surface area (Å²) in [6.45, 7) is 0.858. The number of nitrogens with one attached hydrogen (secondary N) is 1. The van der Waals surface area contributed by atoms with Gasteiger partial charge in [-0.2, -0.15) is 18.3 Å². The molecule has 1 aromatic heterocycles. The molecule has 0 saturated carbocycles. The number of alkyl halides is 3. The van der Waals surface area contributed by atoms with Gasteiger partial charge < -0.3 is 14.8 Å². The molecule has 4 rings (SSSR count). The molecular weight excluding hydrogens is 427 g/mol. The van der Waals surface area contributed by atoms with Crippen LogP contribution in [0.4, 0.5) is 18.9 Å². The predicted molar refractivity (Wildman–Crippen MR) is 108 cm³/mol. The highest BCUT2D eigenvalue weighted by Gasteiger charge is 2.35. The third-order valence-corrected chi connectivity index (χ3v) is 4.77. The highest BCUT2D eigenvalue weighted by atomic mass is 19.4. The Morgan fingerprint density at radius 3 is 2.41 bits per heavy atom. The lowest BCUT2D eigenvalue weighted by molar-refractivity contribution is -0.142. The van der Waals surface area contributed by atoms with Crippen molar-refractivity contribution in [1.29, 1.82) is 0 Å². The van der Waals surface area contributed by atoms with Crippen LogP contribution in [-0.4, -0.2) is 34.7 Å². The molecule has 0 fully saturated rings. The number of aromatic nitrogens is 2. The molecule has 0 aliphatic carbocycles. The van der Waals surface area contributed by atoms with Crippen molar-refractivity contribution < 1.29 is 32.2 Å². The summed E-state index contributed by atoms with van der Waals surface area (Å²) in [6, 6.07) is 11.5. The summed E-state index contributed by atoms with van der Waals surface area (Å²) < 4.78 is 50.7. The summed E-state index contributed by atoms with van der Waals surface area (Å²) in [5.41, 5.74) is 0.124. The number of ether oxygens (including phenoxy) is 2. The van der Waals surface area contributed by atoms with E-state index in [9.17, 15) is 22.8 Å². The third kappa shape index (κ3) is 4.74. The quantitative estimate of drug-likeness (QED) is 0.574. The maximum Gasteiger partial charge on any atom is 0.433 e. The molecular formula is C22H18F3N3O4. The average Bonchev–Trinajstić information content (AvgIpc) is 3.28. The molecule has 0 atom stereocenters. The molecule has 1 aliphatic rings. The van der Waals surface area contributed by atoms with E-state index in [1.165, 1.54) is 24.3 Å². The summed E-state index contributed by atoms with van der Waals surface area (Å²) in [6.07, 6.45) is -3.53. The fourth-order valence-corrected chi connectivity index (χ4v) is 3.22. The van der Waals surface area contributed by atoms with Crippen LogP contribution < -0.4 is 14.8 Å². The molecule has 0 bridgehead atoms. The summed E-state index contributed by atoms with van der Waals surface area (Å²) in [5.74, 6) is 0.466. The normalized spacial score (nSPS) is 13.0. The third-order valence-electron chi connectivity index (χ3n) is 4.77. The Hall–Kier alpha value is -3.82. The lowest BCUT2D eigenvalue weighted by atomic mass is 10.1. The highest BCUT2D eigenvalue weighted by molar-refractivity contribution is 6.00. The Morgan fingerprint density at radius 2 is 1.69 bits per heavy atom. The molecule has 166 valence electrons. The maximum absolute atomic E-state index is 13.0. The van der Waals surface area contributed by atoms with Gasteiger partial charge in [-0.15, -0.1) is 0 Å². The fourth-order valence-electron chi connectivity index (χ4n) is 3.22. The fraction of sp³-hybridized carbons (Fsp3) is 0.227. The topological polar surface area (TPSA) is 82.5 Å². The molecule has 1 aliphatic heterocycles. The van der Waals surface area contributed by atoms with Gasteiger partial charge in [-0.1, -0.05) is 0 Å². The molecule has 2 aromatic carbocycles. The van der Waals surface area contributed by atoms with E-state index in [-0.39, 0.29) is 24.3 Å². The number of carbonyl (C=O) groups is 2. The Morgan fingerprint density at radius 1 is 0.969 bits per heavy atom. The van der Waals surface area contributed by atoms with Crippen LogP contribution in [0.25, 0.3) is 5.69 Å². The van der Waals surface area contributed by atoms with Crippen molar-refractivity contribution in [3.05, 3.63) is 66.0 Å². The van der Waals surface area contributed by atoms with Gasteiger partial charge >= 0.3 is 6.18 Å². The van der Waals surface area contributed by atoms with Gasteiger partial charge in [0.1, 0.15) is 18.9 Å².